The van der Waals surface area contributed by atoms with Crippen LogP contribution in [0.25, 0.3) is 0 Å². The molecule has 5 heteroatoms. The topological polar surface area (TPSA) is 32.3 Å². The third-order valence-corrected chi connectivity index (χ3v) is 3.10. The lowest BCUT2D eigenvalue weighted by atomic mass is 9.85. The van der Waals surface area contributed by atoms with Crippen LogP contribution in [0.4, 0.5) is 4.39 Å². The number of aliphatic hydroxyl groups is 1. The number of halogens is 3. The van der Waals surface area contributed by atoms with Gasteiger partial charge in [0.1, 0.15) is 5.82 Å². The van der Waals surface area contributed by atoms with Crippen molar-refractivity contribution in [1.82, 2.24) is 5.32 Å². The lowest BCUT2D eigenvalue weighted by Crippen LogP contribution is -2.40. The second kappa shape index (κ2) is 5.32. The van der Waals surface area contributed by atoms with Crippen molar-refractivity contribution >= 4 is 24.0 Å². The molecule has 1 saturated heterocycles. The molecule has 0 atom stereocenters. The molecule has 0 aliphatic carbocycles. The number of benzene rings is 1. The summed E-state index contributed by atoms with van der Waals surface area (Å²) in [5.41, 5.74) is -0.687. The van der Waals surface area contributed by atoms with Crippen molar-refractivity contribution in [3.63, 3.8) is 0 Å². The van der Waals surface area contributed by atoms with Gasteiger partial charge in [0, 0.05) is 10.6 Å². The summed E-state index contributed by atoms with van der Waals surface area (Å²) < 4.78 is 13.6. The van der Waals surface area contributed by atoms with E-state index in [-0.39, 0.29) is 12.4 Å². The highest BCUT2D eigenvalue weighted by Crippen LogP contribution is 2.33. The summed E-state index contributed by atoms with van der Waals surface area (Å²) in [5, 5.41) is 13.8. The maximum absolute atomic E-state index is 13.6. The number of hydrogen-bond acceptors (Lipinski definition) is 2. The molecule has 1 fully saturated rings. The van der Waals surface area contributed by atoms with Crippen LogP contribution in [-0.4, -0.2) is 18.2 Å². The van der Waals surface area contributed by atoms with Crippen LogP contribution in [0.1, 0.15) is 18.4 Å². The molecule has 1 aromatic rings. The normalized spacial score (nSPS) is 18.9. The molecule has 0 amide bonds. The van der Waals surface area contributed by atoms with Crippen LogP contribution in [0.15, 0.2) is 18.2 Å². The van der Waals surface area contributed by atoms with Gasteiger partial charge < -0.3 is 10.4 Å². The van der Waals surface area contributed by atoms with Gasteiger partial charge in [0.05, 0.1) is 5.60 Å². The maximum atomic E-state index is 13.6. The van der Waals surface area contributed by atoms with E-state index in [9.17, 15) is 9.50 Å². The van der Waals surface area contributed by atoms with Gasteiger partial charge in [-0.05, 0) is 38.1 Å². The smallest absolute Gasteiger partial charge is 0.130 e. The molecular formula is C11H14Cl2FNO. The Balaban J connectivity index is 0.00000128. The fourth-order valence-corrected chi connectivity index (χ4v) is 2.14. The quantitative estimate of drug-likeness (QED) is 0.818. The highest BCUT2D eigenvalue weighted by molar-refractivity contribution is 6.30. The monoisotopic (exact) mass is 265 g/mol. The standard InChI is InChI=1S/C11H13ClFNO.ClH/c12-8-1-2-9(10(13)7-8)11(15)3-5-14-6-4-11;/h1-2,7,14-15H,3-6H2;1H. The first-order valence-corrected chi connectivity index (χ1v) is 5.38. The molecule has 1 heterocycles. The van der Waals surface area contributed by atoms with Crippen molar-refractivity contribution < 1.29 is 9.50 Å². The number of nitrogens with one attached hydrogen (secondary N) is 1. The van der Waals surface area contributed by atoms with Crippen molar-refractivity contribution in [3.05, 3.63) is 34.6 Å². The van der Waals surface area contributed by atoms with E-state index in [0.717, 1.165) is 0 Å². The highest BCUT2D eigenvalue weighted by Gasteiger charge is 2.33. The van der Waals surface area contributed by atoms with Crippen LogP contribution < -0.4 is 5.32 Å². The van der Waals surface area contributed by atoms with E-state index in [1.807, 2.05) is 0 Å². The number of hydrogen-bond donors (Lipinski definition) is 2. The van der Waals surface area contributed by atoms with Crippen LogP contribution in [-0.2, 0) is 5.60 Å². The van der Waals surface area contributed by atoms with Crippen molar-refractivity contribution in [2.24, 2.45) is 0 Å². The Labute approximate surface area is 105 Å². The Kier molecular flexibility index (Phi) is 4.56. The van der Waals surface area contributed by atoms with E-state index < -0.39 is 11.4 Å². The van der Waals surface area contributed by atoms with Crippen molar-refractivity contribution in [2.75, 3.05) is 13.1 Å². The Morgan fingerprint density at radius 3 is 2.50 bits per heavy atom. The number of piperidine rings is 1. The van der Waals surface area contributed by atoms with Gasteiger partial charge in [-0.3, -0.25) is 0 Å². The SMILES string of the molecule is Cl.OC1(c2ccc(Cl)cc2F)CCNCC1. The zero-order valence-electron chi connectivity index (χ0n) is 8.67. The first-order valence-electron chi connectivity index (χ1n) is 5.00. The largest absolute Gasteiger partial charge is 0.385 e. The molecule has 2 nitrogen and oxygen atoms in total. The molecular weight excluding hydrogens is 252 g/mol. The van der Waals surface area contributed by atoms with Gasteiger partial charge in [-0.1, -0.05) is 17.7 Å². The van der Waals surface area contributed by atoms with Crippen molar-refractivity contribution in [1.29, 1.82) is 0 Å². The molecule has 1 aliphatic heterocycles. The first kappa shape index (κ1) is 13.7. The molecule has 0 unspecified atom stereocenters. The van der Waals surface area contributed by atoms with E-state index in [0.29, 0.717) is 36.5 Å². The summed E-state index contributed by atoms with van der Waals surface area (Å²) in [6.45, 7) is 1.41. The Hall–Kier alpha value is -0.350. The van der Waals surface area contributed by atoms with Crippen molar-refractivity contribution in [3.8, 4) is 0 Å². The molecule has 0 saturated carbocycles. The molecule has 16 heavy (non-hydrogen) atoms. The van der Waals surface area contributed by atoms with Gasteiger partial charge in [0.25, 0.3) is 0 Å². The fourth-order valence-electron chi connectivity index (χ4n) is 1.98. The van der Waals surface area contributed by atoms with Crippen LogP contribution >= 0.6 is 24.0 Å². The predicted octanol–water partition coefficient (Wildman–Crippen LogP) is 2.47. The van der Waals surface area contributed by atoms with Crippen LogP contribution in [0.2, 0.25) is 5.02 Å². The zero-order valence-corrected chi connectivity index (χ0v) is 10.2. The Morgan fingerprint density at radius 1 is 1.31 bits per heavy atom. The summed E-state index contributed by atoms with van der Waals surface area (Å²) in [6, 6.07) is 4.43. The summed E-state index contributed by atoms with van der Waals surface area (Å²) in [6.07, 6.45) is 1.07. The van der Waals surface area contributed by atoms with Crippen molar-refractivity contribution in [2.45, 2.75) is 18.4 Å². The van der Waals surface area contributed by atoms with E-state index >= 15 is 0 Å². The molecule has 90 valence electrons. The molecule has 0 spiro atoms. The molecule has 2 rings (SSSR count). The van der Waals surface area contributed by atoms with Crippen LogP contribution in [0, 0.1) is 5.82 Å². The van der Waals surface area contributed by atoms with Gasteiger partial charge in [-0.2, -0.15) is 0 Å². The highest BCUT2D eigenvalue weighted by atomic mass is 35.5. The lowest BCUT2D eigenvalue weighted by molar-refractivity contribution is 0.00277. The minimum atomic E-state index is -1.04. The fraction of sp³-hybridized carbons (Fsp3) is 0.455. The second-order valence-electron chi connectivity index (χ2n) is 3.91. The maximum Gasteiger partial charge on any atom is 0.130 e. The third kappa shape index (κ3) is 2.66. The molecule has 0 radical (unpaired) electrons. The lowest BCUT2D eigenvalue weighted by Gasteiger charge is -2.33. The van der Waals surface area contributed by atoms with Gasteiger partial charge >= 0.3 is 0 Å². The predicted molar refractivity (Wildman–Crippen MR) is 64.7 cm³/mol. The van der Waals surface area contributed by atoms with Gasteiger partial charge in [0.15, 0.2) is 0 Å². The van der Waals surface area contributed by atoms with Gasteiger partial charge in [-0.15, -0.1) is 12.4 Å². The number of rotatable bonds is 1. The van der Waals surface area contributed by atoms with E-state index in [1.165, 1.54) is 6.07 Å². The Bertz CT molecular complexity index is 367. The molecule has 0 bridgehead atoms. The summed E-state index contributed by atoms with van der Waals surface area (Å²) in [5.74, 6) is -0.424. The first-order chi connectivity index (χ1) is 7.12. The van der Waals surface area contributed by atoms with E-state index in [2.05, 4.69) is 5.32 Å². The van der Waals surface area contributed by atoms with Gasteiger partial charge in [-0.25, -0.2) is 4.39 Å². The molecule has 1 aliphatic rings. The van der Waals surface area contributed by atoms with E-state index in [1.54, 1.807) is 12.1 Å². The minimum Gasteiger partial charge on any atom is -0.385 e. The Morgan fingerprint density at radius 2 is 1.94 bits per heavy atom. The summed E-state index contributed by atoms with van der Waals surface area (Å²) >= 11 is 5.67. The second-order valence-corrected chi connectivity index (χ2v) is 4.34. The third-order valence-electron chi connectivity index (χ3n) is 2.86. The summed E-state index contributed by atoms with van der Waals surface area (Å²) in [4.78, 5) is 0. The van der Waals surface area contributed by atoms with Crippen LogP contribution in [0.3, 0.4) is 0 Å². The minimum absolute atomic E-state index is 0. The average Bonchev–Trinajstić information content (AvgIpc) is 2.18. The average molecular weight is 266 g/mol. The molecule has 0 aromatic heterocycles. The zero-order chi connectivity index (χ0) is 10.9. The van der Waals surface area contributed by atoms with Gasteiger partial charge in [0.2, 0.25) is 0 Å². The summed E-state index contributed by atoms with van der Waals surface area (Å²) in [7, 11) is 0. The van der Waals surface area contributed by atoms with E-state index in [4.69, 9.17) is 11.6 Å². The van der Waals surface area contributed by atoms with Crippen LogP contribution in [0.5, 0.6) is 0 Å². The molecule has 1 aromatic carbocycles. The molecule has 2 N–H and O–H groups in total.